The topological polar surface area (TPSA) is 87.9 Å². The smallest absolute Gasteiger partial charge is 0.262 e. The third-order valence-electron chi connectivity index (χ3n) is 4.21. The molecule has 0 aliphatic rings. The van der Waals surface area contributed by atoms with E-state index in [1.165, 1.54) is 41.9 Å². The molecule has 0 saturated heterocycles. The van der Waals surface area contributed by atoms with E-state index in [1.54, 1.807) is 18.2 Å². The fourth-order valence-electron chi connectivity index (χ4n) is 2.84. The number of anilines is 1. The SMILES string of the molecule is N#Cc1ccc(Cl)cc1NC(=O)COc1ncnc2scc(-c3ccc(F)cc3)c12. The van der Waals surface area contributed by atoms with Crippen LogP contribution in [0.1, 0.15) is 5.56 Å². The largest absolute Gasteiger partial charge is 0.467 e. The molecule has 0 radical (unpaired) electrons. The standard InChI is InChI=1S/C21H12ClFN4O2S/c22-14-4-1-13(8-24)17(7-14)27-18(28)9-29-20-19-16(10-30-21(19)26-11-25-20)12-2-5-15(23)6-3-12/h1-7,10-11H,9H2,(H,27,28). The molecule has 2 heterocycles. The molecular formula is C21H12ClFN4O2S. The highest BCUT2D eigenvalue weighted by molar-refractivity contribution is 7.17. The van der Waals surface area contributed by atoms with E-state index in [-0.39, 0.29) is 23.9 Å². The zero-order valence-corrected chi connectivity index (χ0v) is 16.8. The molecule has 0 bridgehead atoms. The van der Waals surface area contributed by atoms with E-state index < -0.39 is 5.91 Å². The van der Waals surface area contributed by atoms with Gasteiger partial charge in [0.1, 0.15) is 23.0 Å². The summed E-state index contributed by atoms with van der Waals surface area (Å²) < 4.78 is 18.9. The number of nitrogens with one attached hydrogen (secondary N) is 1. The minimum atomic E-state index is -0.473. The highest BCUT2D eigenvalue weighted by Gasteiger charge is 2.16. The average Bonchev–Trinajstić information content (AvgIpc) is 3.18. The predicted molar refractivity (Wildman–Crippen MR) is 113 cm³/mol. The van der Waals surface area contributed by atoms with Crippen molar-refractivity contribution in [1.29, 1.82) is 5.26 Å². The maximum atomic E-state index is 13.3. The molecule has 1 N–H and O–H groups in total. The number of amides is 1. The molecule has 0 fully saturated rings. The summed E-state index contributed by atoms with van der Waals surface area (Å²) in [5.41, 5.74) is 2.15. The molecule has 0 saturated carbocycles. The van der Waals surface area contributed by atoms with Gasteiger partial charge in [-0.05, 0) is 35.9 Å². The molecule has 0 atom stereocenters. The predicted octanol–water partition coefficient (Wildman–Crippen LogP) is 5.04. The number of nitriles is 1. The molecular weight excluding hydrogens is 427 g/mol. The molecule has 0 aliphatic heterocycles. The summed E-state index contributed by atoms with van der Waals surface area (Å²) in [6, 6.07) is 12.6. The van der Waals surface area contributed by atoms with Gasteiger partial charge in [-0.1, -0.05) is 23.7 Å². The van der Waals surface area contributed by atoms with Crippen LogP contribution in [0.3, 0.4) is 0 Å². The molecule has 30 heavy (non-hydrogen) atoms. The minimum absolute atomic E-state index is 0.238. The van der Waals surface area contributed by atoms with Crippen LogP contribution in [-0.4, -0.2) is 22.5 Å². The lowest BCUT2D eigenvalue weighted by atomic mass is 10.1. The van der Waals surface area contributed by atoms with Crippen molar-refractivity contribution in [2.24, 2.45) is 0 Å². The number of hydrogen-bond donors (Lipinski definition) is 1. The zero-order valence-electron chi connectivity index (χ0n) is 15.2. The van der Waals surface area contributed by atoms with Gasteiger partial charge in [-0.25, -0.2) is 14.4 Å². The van der Waals surface area contributed by atoms with Crippen LogP contribution in [0.15, 0.2) is 54.2 Å². The molecule has 0 unspecified atom stereocenters. The number of fused-ring (bicyclic) bond motifs is 1. The van der Waals surface area contributed by atoms with Gasteiger partial charge in [0.2, 0.25) is 5.88 Å². The molecule has 2 aromatic carbocycles. The Balaban J connectivity index is 1.57. The monoisotopic (exact) mass is 438 g/mol. The number of hydrogen-bond acceptors (Lipinski definition) is 6. The van der Waals surface area contributed by atoms with Gasteiger partial charge in [0.15, 0.2) is 6.61 Å². The fourth-order valence-corrected chi connectivity index (χ4v) is 3.92. The lowest BCUT2D eigenvalue weighted by Crippen LogP contribution is -2.21. The number of thiophene rings is 1. The number of nitrogens with zero attached hydrogens (tertiary/aromatic N) is 3. The average molecular weight is 439 g/mol. The summed E-state index contributed by atoms with van der Waals surface area (Å²) in [7, 11) is 0. The molecule has 0 aliphatic carbocycles. The molecule has 1 amide bonds. The molecule has 9 heteroatoms. The van der Waals surface area contributed by atoms with Crippen molar-refractivity contribution >= 4 is 44.7 Å². The van der Waals surface area contributed by atoms with Crippen LogP contribution in [0.25, 0.3) is 21.3 Å². The first-order valence-electron chi connectivity index (χ1n) is 8.65. The third kappa shape index (κ3) is 4.08. The fraction of sp³-hybridized carbons (Fsp3) is 0.0476. The van der Waals surface area contributed by atoms with Crippen molar-refractivity contribution in [2.75, 3.05) is 11.9 Å². The van der Waals surface area contributed by atoms with Gasteiger partial charge in [0.25, 0.3) is 5.91 Å². The van der Waals surface area contributed by atoms with E-state index in [1.807, 2.05) is 11.4 Å². The number of carbonyl (C=O) groups excluding carboxylic acids is 1. The Morgan fingerprint density at radius 1 is 1.23 bits per heavy atom. The molecule has 2 aromatic heterocycles. The Bertz CT molecular complexity index is 1280. The van der Waals surface area contributed by atoms with Crippen molar-refractivity contribution in [2.45, 2.75) is 0 Å². The Morgan fingerprint density at radius 2 is 2.03 bits per heavy atom. The summed E-state index contributed by atoms with van der Waals surface area (Å²) in [4.78, 5) is 21.4. The highest BCUT2D eigenvalue weighted by Crippen LogP contribution is 2.37. The van der Waals surface area contributed by atoms with Gasteiger partial charge < -0.3 is 10.1 Å². The lowest BCUT2D eigenvalue weighted by molar-refractivity contribution is -0.118. The second-order valence-corrected chi connectivity index (χ2v) is 7.45. The van der Waals surface area contributed by atoms with Gasteiger partial charge in [-0.15, -0.1) is 11.3 Å². The second-order valence-electron chi connectivity index (χ2n) is 6.15. The van der Waals surface area contributed by atoms with Crippen molar-refractivity contribution in [3.05, 3.63) is 70.6 Å². The normalized spacial score (nSPS) is 10.6. The lowest BCUT2D eigenvalue weighted by Gasteiger charge is -2.10. The maximum Gasteiger partial charge on any atom is 0.262 e. The number of ether oxygens (including phenoxy) is 1. The van der Waals surface area contributed by atoms with Gasteiger partial charge in [-0.2, -0.15) is 5.26 Å². The zero-order chi connectivity index (χ0) is 21.1. The first kappa shape index (κ1) is 19.8. The van der Waals surface area contributed by atoms with Crippen LogP contribution in [-0.2, 0) is 4.79 Å². The Hall–Kier alpha value is -3.54. The summed E-state index contributed by atoms with van der Waals surface area (Å²) in [5, 5.41) is 14.7. The Morgan fingerprint density at radius 3 is 2.80 bits per heavy atom. The summed E-state index contributed by atoms with van der Waals surface area (Å²) in [6.07, 6.45) is 1.35. The quantitative estimate of drug-likeness (QED) is 0.471. The van der Waals surface area contributed by atoms with Gasteiger partial charge in [-0.3, -0.25) is 4.79 Å². The van der Waals surface area contributed by atoms with Crippen molar-refractivity contribution in [1.82, 2.24) is 9.97 Å². The first-order valence-corrected chi connectivity index (χ1v) is 9.91. The van der Waals surface area contributed by atoms with E-state index in [2.05, 4.69) is 15.3 Å². The van der Waals surface area contributed by atoms with E-state index in [9.17, 15) is 9.18 Å². The molecule has 148 valence electrons. The number of rotatable bonds is 5. The van der Waals surface area contributed by atoms with Crippen LogP contribution in [0, 0.1) is 17.1 Å². The third-order valence-corrected chi connectivity index (χ3v) is 5.33. The minimum Gasteiger partial charge on any atom is -0.467 e. The second kappa shape index (κ2) is 8.45. The van der Waals surface area contributed by atoms with Gasteiger partial charge in [0, 0.05) is 16.0 Å². The summed E-state index contributed by atoms with van der Waals surface area (Å²) in [5.74, 6) is -0.568. The molecule has 4 rings (SSSR count). The number of halogens is 2. The van der Waals surface area contributed by atoms with Gasteiger partial charge >= 0.3 is 0 Å². The van der Waals surface area contributed by atoms with Crippen molar-refractivity contribution < 1.29 is 13.9 Å². The van der Waals surface area contributed by atoms with E-state index >= 15 is 0 Å². The number of benzene rings is 2. The van der Waals surface area contributed by atoms with Crippen molar-refractivity contribution in [3.8, 4) is 23.1 Å². The molecule has 4 aromatic rings. The van der Waals surface area contributed by atoms with Crippen LogP contribution in [0.4, 0.5) is 10.1 Å². The number of carbonyl (C=O) groups is 1. The van der Waals surface area contributed by atoms with E-state index in [0.717, 1.165) is 11.1 Å². The van der Waals surface area contributed by atoms with Gasteiger partial charge in [0.05, 0.1) is 16.6 Å². The highest BCUT2D eigenvalue weighted by atomic mass is 35.5. The van der Waals surface area contributed by atoms with Crippen LogP contribution in [0.2, 0.25) is 5.02 Å². The Kier molecular flexibility index (Phi) is 5.57. The Labute approximate surface area is 179 Å². The molecule has 0 spiro atoms. The maximum absolute atomic E-state index is 13.3. The van der Waals surface area contributed by atoms with E-state index in [0.29, 0.717) is 20.9 Å². The summed E-state index contributed by atoms with van der Waals surface area (Å²) >= 11 is 7.33. The summed E-state index contributed by atoms with van der Waals surface area (Å²) in [6.45, 7) is -0.331. The van der Waals surface area contributed by atoms with Crippen LogP contribution in [0.5, 0.6) is 5.88 Å². The first-order chi connectivity index (χ1) is 14.5. The van der Waals surface area contributed by atoms with Crippen molar-refractivity contribution in [3.63, 3.8) is 0 Å². The molecule has 6 nitrogen and oxygen atoms in total. The van der Waals surface area contributed by atoms with E-state index in [4.69, 9.17) is 21.6 Å². The van der Waals surface area contributed by atoms with Crippen LogP contribution >= 0.6 is 22.9 Å². The van der Waals surface area contributed by atoms with Crippen LogP contribution < -0.4 is 10.1 Å². The number of aromatic nitrogens is 2.